The molecule has 1 aliphatic carbocycles. The van der Waals surface area contributed by atoms with Crippen LogP contribution >= 0.6 is 11.5 Å². The first-order valence-corrected chi connectivity index (χ1v) is 8.25. The first kappa shape index (κ1) is 15.0. The van der Waals surface area contributed by atoms with Gasteiger partial charge in [0, 0.05) is 18.5 Å². The Morgan fingerprint density at radius 2 is 2.09 bits per heavy atom. The number of hydrogen-bond donors (Lipinski definition) is 1. The predicted molar refractivity (Wildman–Crippen MR) is 84.1 cm³/mol. The molecule has 0 aromatic carbocycles. The van der Waals surface area contributed by atoms with Gasteiger partial charge in [-0.05, 0) is 24.4 Å². The molecule has 0 radical (unpaired) electrons. The predicted octanol–water partition coefficient (Wildman–Crippen LogP) is 0.606. The van der Waals surface area contributed by atoms with E-state index in [-0.39, 0.29) is 24.0 Å². The van der Waals surface area contributed by atoms with Gasteiger partial charge in [0.15, 0.2) is 5.52 Å². The molecule has 3 rings (SSSR count). The van der Waals surface area contributed by atoms with E-state index < -0.39 is 11.2 Å². The third-order valence-electron chi connectivity index (χ3n) is 4.14. The minimum absolute atomic E-state index is 0.0850. The molecule has 0 bridgehead atoms. The van der Waals surface area contributed by atoms with Crippen LogP contribution in [0.3, 0.4) is 0 Å². The minimum Gasteiger partial charge on any atom is -0.352 e. The molecule has 22 heavy (non-hydrogen) atoms. The molecule has 118 valence electrons. The molecule has 2 heterocycles. The van der Waals surface area contributed by atoms with E-state index in [1.807, 2.05) is 0 Å². The Morgan fingerprint density at radius 3 is 2.82 bits per heavy atom. The van der Waals surface area contributed by atoms with Crippen molar-refractivity contribution in [2.75, 3.05) is 0 Å². The smallest absolute Gasteiger partial charge is 0.331 e. The van der Waals surface area contributed by atoms with Gasteiger partial charge in [-0.25, -0.2) is 4.79 Å². The minimum atomic E-state index is -0.489. The van der Waals surface area contributed by atoms with Crippen LogP contribution in [0.2, 0.25) is 0 Å². The van der Waals surface area contributed by atoms with Crippen LogP contribution < -0.4 is 16.6 Å². The lowest BCUT2D eigenvalue weighted by Crippen LogP contribution is -2.43. The van der Waals surface area contributed by atoms with E-state index in [0.717, 1.165) is 41.8 Å². The molecule has 8 heteroatoms. The fourth-order valence-corrected chi connectivity index (χ4v) is 3.59. The van der Waals surface area contributed by atoms with Crippen molar-refractivity contribution in [1.82, 2.24) is 18.8 Å². The highest BCUT2D eigenvalue weighted by Gasteiger charge is 2.18. The van der Waals surface area contributed by atoms with E-state index >= 15 is 0 Å². The maximum atomic E-state index is 12.3. The molecule has 0 unspecified atom stereocenters. The van der Waals surface area contributed by atoms with Gasteiger partial charge in [-0.3, -0.25) is 18.7 Å². The maximum Gasteiger partial charge on any atom is 0.331 e. The van der Waals surface area contributed by atoms with Crippen LogP contribution in [-0.2, 0) is 18.4 Å². The van der Waals surface area contributed by atoms with Crippen molar-refractivity contribution in [2.45, 2.75) is 44.7 Å². The van der Waals surface area contributed by atoms with Gasteiger partial charge in [0.25, 0.3) is 5.56 Å². The van der Waals surface area contributed by atoms with Gasteiger partial charge in [0.05, 0.1) is 5.52 Å². The zero-order chi connectivity index (χ0) is 15.7. The number of carbonyl (C=O) groups is 1. The highest BCUT2D eigenvalue weighted by atomic mass is 32.1. The second-order valence-electron chi connectivity index (χ2n) is 5.68. The van der Waals surface area contributed by atoms with Crippen molar-refractivity contribution in [1.29, 1.82) is 0 Å². The molecular formula is C14H18N4O3S. The fourth-order valence-electron chi connectivity index (χ4n) is 2.92. The normalized spacial score (nSPS) is 16.0. The number of nitrogens with one attached hydrogen (secondary N) is 1. The highest BCUT2D eigenvalue weighted by molar-refractivity contribution is 7.04. The molecule has 2 aromatic rings. The van der Waals surface area contributed by atoms with Gasteiger partial charge in [-0.15, -0.1) is 0 Å². The average molecular weight is 322 g/mol. The molecule has 1 N–H and O–H groups in total. The third-order valence-corrected chi connectivity index (χ3v) is 4.76. The summed E-state index contributed by atoms with van der Waals surface area (Å²) in [7, 11) is 1.40. The van der Waals surface area contributed by atoms with Crippen molar-refractivity contribution in [3.63, 3.8) is 0 Å². The summed E-state index contributed by atoms with van der Waals surface area (Å²) in [4.78, 5) is 36.4. The van der Waals surface area contributed by atoms with E-state index in [1.165, 1.54) is 18.0 Å². The topological polar surface area (TPSA) is 86.0 Å². The summed E-state index contributed by atoms with van der Waals surface area (Å²) in [6.07, 6.45) is 5.45. The Kier molecular flexibility index (Phi) is 4.10. The van der Waals surface area contributed by atoms with Gasteiger partial charge >= 0.3 is 5.69 Å². The summed E-state index contributed by atoms with van der Waals surface area (Å²) in [6.45, 7) is -0.0850. The van der Waals surface area contributed by atoms with Gasteiger partial charge < -0.3 is 5.32 Å². The van der Waals surface area contributed by atoms with Crippen LogP contribution in [0.1, 0.15) is 32.1 Å². The van der Waals surface area contributed by atoms with Crippen LogP contribution in [0.25, 0.3) is 11.0 Å². The number of carbonyl (C=O) groups excluding carboxylic acids is 1. The molecule has 2 aromatic heterocycles. The van der Waals surface area contributed by atoms with Crippen molar-refractivity contribution < 1.29 is 4.79 Å². The SMILES string of the molecule is Cn1c(=O)c2nscc2n(CC(=O)NC2CCCCC2)c1=O. The van der Waals surface area contributed by atoms with Gasteiger partial charge in [0.2, 0.25) is 5.91 Å². The lowest BCUT2D eigenvalue weighted by Gasteiger charge is -2.23. The largest absolute Gasteiger partial charge is 0.352 e. The third kappa shape index (κ3) is 2.70. The highest BCUT2D eigenvalue weighted by Crippen LogP contribution is 2.17. The number of aromatic nitrogens is 3. The second kappa shape index (κ2) is 6.04. The second-order valence-corrected chi connectivity index (χ2v) is 6.31. The molecular weight excluding hydrogens is 304 g/mol. The van der Waals surface area contributed by atoms with Crippen LogP contribution in [0.5, 0.6) is 0 Å². The Bertz CT molecular complexity index is 814. The Hall–Kier alpha value is -1.96. The molecule has 7 nitrogen and oxygen atoms in total. The zero-order valence-electron chi connectivity index (χ0n) is 12.4. The van der Waals surface area contributed by atoms with E-state index in [9.17, 15) is 14.4 Å². The first-order chi connectivity index (χ1) is 10.6. The number of rotatable bonds is 3. The standard InChI is InChI=1S/C14H18N4O3S/c1-17-13(20)12-10(8-22-16-12)18(14(17)21)7-11(19)15-9-5-3-2-4-6-9/h8-9H,2-7H2,1H3,(H,15,19). The van der Waals surface area contributed by atoms with Crippen molar-refractivity contribution in [3.05, 3.63) is 26.2 Å². The molecule has 1 aliphatic rings. The van der Waals surface area contributed by atoms with Gasteiger partial charge in [-0.2, -0.15) is 4.37 Å². The maximum absolute atomic E-state index is 12.3. The quantitative estimate of drug-likeness (QED) is 0.897. The summed E-state index contributed by atoms with van der Waals surface area (Å²) in [5.74, 6) is -0.194. The van der Waals surface area contributed by atoms with Crippen molar-refractivity contribution in [2.24, 2.45) is 7.05 Å². The van der Waals surface area contributed by atoms with Gasteiger partial charge in [0.1, 0.15) is 6.54 Å². The molecule has 1 fully saturated rings. The summed E-state index contributed by atoms with van der Waals surface area (Å²) in [5.41, 5.74) is -0.254. The molecule has 0 saturated heterocycles. The molecule has 0 atom stereocenters. The molecule has 1 amide bonds. The van der Waals surface area contributed by atoms with Crippen LogP contribution in [0.15, 0.2) is 15.0 Å². The molecule has 0 aliphatic heterocycles. The first-order valence-electron chi connectivity index (χ1n) is 7.41. The molecule has 0 spiro atoms. The number of amides is 1. The lowest BCUT2D eigenvalue weighted by atomic mass is 9.95. The number of fused-ring (bicyclic) bond motifs is 1. The fraction of sp³-hybridized carbons (Fsp3) is 0.571. The average Bonchev–Trinajstić information content (AvgIpc) is 3.00. The Labute approximate surface area is 130 Å². The monoisotopic (exact) mass is 322 g/mol. The lowest BCUT2D eigenvalue weighted by molar-refractivity contribution is -0.122. The summed E-state index contributed by atoms with van der Waals surface area (Å²) < 4.78 is 6.33. The number of hydrogen-bond acceptors (Lipinski definition) is 5. The van der Waals surface area contributed by atoms with Crippen molar-refractivity contribution >= 4 is 28.5 Å². The van der Waals surface area contributed by atoms with Crippen molar-refractivity contribution in [3.8, 4) is 0 Å². The summed E-state index contributed by atoms with van der Waals surface area (Å²) >= 11 is 1.11. The van der Waals surface area contributed by atoms with Gasteiger partial charge in [-0.1, -0.05) is 19.3 Å². The Morgan fingerprint density at radius 1 is 1.36 bits per heavy atom. The molecule has 1 saturated carbocycles. The van der Waals surface area contributed by atoms with E-state index in [4.69, 9.17) is 0 Å². The van der Waals surface area contributed by atoms with Crippen LogP contribution in [0, 0.1) is 0 Å². The Balaban J connectivity index is 1.87. The number of nitrogens with zero attached hydrogens (tertiary/aromatic N) is 3. The van der Waals surface area contributed by atoms with Crippen LogP contribution in [0.4, 0.5) is 0 Å². The summed E-state index contributed by atoms with van der Waals surface area (Å²) in [5, 5.41) is 4.61. The van der Waals surface area contributed by atoms with Crippen LogP contribution in [-0.4, -0.2) is 25.5 Å². The van der Waals surface area contributed by atoms with E-state index in [1.54, 1.807) is 5.38 Å². The zero-order valence-corrected chi connectivity index (χ0v) is 13.2. The van der Waals surface area contributed by atoms with E-state index in [2.05, 4.69) is 9.69 Å². The van der Waals surface area contributed by atoms with E-state index in [0.29, 0.717) is 5.52 Å². The summed E-state index contributed by atoms with van der Waals surface area (Å²) in [6, 6.07) is 0.195.